The van der Waals surface area contributed by atoms with E-state index in [9.17, 15) is 9.59 Å². The number of thiophene rings is 1. The van der Waals surface area contributed by atoms with E-state index in [0.717, 1.165) is 10.6 Å². The number of hydrogen-bond acceptors (Lipinski definition) is 4. The lowest BCUT2D eigenvalue weighted by Crippen LogP contribution is -2.08. The Morgan fingerprint density at radius 2 is 1.89 bits per heavy atom. The molecule has 2 N–H and O–H groups in total. The van der Waals surface area contributed by atoms with Gasteiger partial charge in [0, 0.05) is 18.7 Å². The van der Waals surface area contributed by atoms with Gasteiger partial charge in [-0.2, -0.15) is 0 Å². The van der Waals surface area contributed by atoms with E-state index in [1.165, 1.54) is 23.5 Å². The number of anilines is 1. The Morgan fingerprint density at radius 1 is 1.16 bits per heavy atom. The van der Waals surface area contributed by atoms with Crippen LogP contribution >= 0.6 is 11.3 Å². The molecule has 0 aliphatic carbocycles. The largest absolute Gasteiger partial charge is 0.478 e. The Hall–Kier alpha value is -2.14. The molecule has 0 spiro atoms. The van der Waals surface area contributed by atoms with Crippen LogP contribution in [0.5, 0.6) is 0 Å². The van der Waals surface area contributed by atoms with Crippen molar-refractivity contribution in [2.45, 2.75) is 6.42 Å². The molecule has 0 radical (unpaired) electrons. The number of carbonyl (C=O) groups excluding carboxylic acids is 1. The predicted octanol–water partition coefficient (Wildman–Crippen LogP) is 3.13. The zero-order chi connectivity index (χ0) is 13.7. The molecule has 19 heavy (non-hydrogen) atoms. The van der Waals surface area contributed by atoms with Crippen LogP contribution in [0.4, 0.5) is 5.69 Å². The standard InChI is InChI=1S/C14H13NO3S/c16-12(13-2-1-9-19-13)7-8-15-11-5-3-10(4-6-11)14(17)18/h1-6,9,15H,7-8H2,(H,17,18). The molecule has 0 saturated carbocycles. The molecule has 0 atom stereocenters. The Bertz CT molecular complexity index is 561. The van der Waals surface area contributed by atoms with Crippen molar-refractivity contribution in [1.82, 2.24) is 0 Å². The van der Waals surface area contributed by atoms with Gasteiger partial charge < -0.3 is 10.4 Å². The van der Waals surface area contributed by atoms with Crippen LogP contribution in [0.1, 0.15) is 26.5 Å². The highest BCUT2D eigenvalue weighted by atomic mass is 32.1. The summed E-state index contributed by atoms with van der Waals surface area (Å²) in [5.74, 6) is -0.830. The fourth-order valence-corrected chi connectivity index (χ4v) is 2.31. The summed E-state index contributed by atoms with van der Waals surface area (Å²) in [5.41, 5.74) is 1.06. The summed E-state index contributed by atoms with van der Waals surface area (Å²) in [7, 11) is 0. The van der Waals surface area contributed by atoms with Gasteiger partial charge in [-0.05, 0) is 35.7 Å². The average molecular weight is 275 g/mol. The van der Waals surface area contributed by atoms with Gasteiger partial charge in [0.15, 0.2) is 5.78 Å². The average Bonchev–Trinajstić information content (AvgIpc) is 2.93. The molecule has 2 rings (SSSR count). The first-order valence-corrected chi connectivity index (χ1v) is 6.69. The Labute approximate surface area is 114 Å². The van der Waals surface area contributed by atoms with E-state index in [4.69, 9.17) is 5.11 Å². The monoisotopic (exact) mass is 275 g/mol. The third kappa shape index (κ3) is 3.66. The van der Waals surface area contributed by atoms with E-state index in [-0.39, 0.29) is 11.3 Å². The highest BCUT2D eigenvalue weighted by Crippen LogP contribution is 2.12. The minimum Gasteiger partial charge on any atom is -0.478 e. The smallest absolute Gasteiger partial charge is 0.335 e. The van der Waals surface area contributed by atoms with E-state index in [0.29, 0.717) is 13.0 Å². The molecule has 0 bridgehead atoms. The molecule has 1 heterocycles. The normalized spacial score (nSPS) is 10.1. The first kappa shape index (κ1) is 13.3. The molecule has 98 valence electrons. The van der Waals surface area contributed by atoms with Crippen LogP contribution in [0, 0.1) is 0 Å². The van der Waals surface area contributed by atoms with Gasteiger partial charge in [-0.3, -0.25) is 4.79 Å². The number of carboxylic acid groups (broad SMARTS) is 1. The number of carboxylic acids is 1. The molecule has 1 aromatic carbocycles. The molecule has 5 heteroatoms. The number of nitrogens with one attached hydrogen (secondary N) is 1. The zero-order valence-electron chi connectivity index (χ0n) is 10.1. The molecule has 0 aliphatic rings. The second kappa shape index (κ2) is 6.15. The number of carbonyl (C=O) groups is 2. The quantitative estimate of drug-likeness (QED) is 0.795. The Kier molecular flexibility index (Phi) is 4.30. The number of benzene rings is 1. The van der Waals surface area contributed by atoms with Crippen molar-refractivity contribution in [3.05, 3.63) is 52.2 Å². The molecule has 0 aliphatic heterocycles. The van der Waals surface area contributed by atoms with Crippen LogP contribution in [0.15, 0.2) is 41.8 Å². The maximum Gasteiger partial charge on any atom is 0.335 e. The fraction of sp³-hybridized carbons (Fsp3) is 0.143. The Morgan fingerprint density at radius 3 is 2.47 bits per heavy atom. The summed E-state index contributed by atoms with van der Waals surface area (Å²) in [4.78, 5) is 23.2. The summed E-state index contributed by atoms with van der Waals surface area (Å²) in [5, 5.41) is 13.7. The van der Waals surface area contributed by atoms with Gasteiger partial charge in [0.25, 0.3) is 0 Å². The van der Waals surface area contributed by atoms with Gasteiger partial charge in [-0.15, -0.1) is 11.3 Å². The highest BCUT2D eigenvalue weighted by molar-refractivity contribution is 7.12. The second-order valence-electron chi connectivity index (χ2n) is 3.96. The molecule has 0 amide bonds. The number of rotatable bonds is 6. The number of hydrogen-bond donors (Lipinski definition) is 2. The van der Waals surface area contributed by atoms with Crippen molar-refractivity contribution < 1.29 is 14.7 Å². The van der Waals surface area contributed by atoms with Gasteiger partial charge in [0.2, 0.25) is 0 Å². The van der Waals surface area contributed by atoms with Crippen molar-refractivity contribution in [1.29, 1.82) is 0 Å². The van der Waals surface area contributed by atoms with Crippen LogP contribution in [0.3, 0.4) is 0 Å². The van der Waals surface area contributed by atoms with E-state index in [1.807, 2.05) is 17.5 Å². The summed E-state index contributed by atoms with van der Waals surface area (Å²) in [6.45, 7) is 0.531. The molecule has 0 fully saturated rings. The molecule has 4 nitrogen and oxygen atoms in total. The van der Waals surface area contributed by atoms with Crippen molar-refractivity contribution >= 4 is 28.8 Å². The third-order valence-electron chi connectivity index (χ3n) is 2.61. The topological polar surface area (TPSA) is 66.4 Å². The summed E-state index contributed by atoms with van der Waals surface area (Å²) in [6, 6.07) is 10.1. The second-order valence-corrected chi connectivity index (χ2v) is 4.91. The van der Waals surface area contributed by atoms with Gasteiger partial charge in [-0.25, -0.2) is 4.79 Å². The van der Waals surface area contributed by atoms with Crippen LogP contribution in [-0.2, 0) is 0 Å². The first-order valence-electron chi connectivity index (χ1n) is 5.81. The zero-order valence-corrected chi connectivity index (χ0v) is 10.9. The first-order chi connectivity index (χ1) is 9.16. The molecule has 1 aromatic heterocycles. The van der Waals surface area contributed by atoms with Gasteiger partial charge >= 0.3 is 5.97 Å². The third-order valence-corrected chi connectivity index (χ3v) is 3.52. The van der Waals surface area contributed by atoms with Crippen molar-refractivity contribution in [3.63, 3.8) is 0 Å². The lowest BCUT2D eigenvalue weighted by Gasteiger charge is -2.05. The van der Waals surface area contributed by atoms with E-state index in [1.54, 1.807) is 12.1 Å². The van der Waals surface area contributed by atoms with Crippen LogP contribution in [-0.4, -0.2) is 23.4 Å². The highest BCUT2D eigenvalue weighted by Gasteiger charge is 2.06. The van der Waals surface area contributed by atoms with Crippen LogP contribution < -0.4 is 5.32 Å². The molecular weight excluding hydrogens is 262 g/mol. The number of Topliss-reactive ketones (excluding diaryl/α,β-unsaturated/α-hetero) is 1. The van der Waals surface area contributed by atoms with Crippen molar-refractivity contribution in [2.24, 2.45) is 0 Å². The molecule has 0 unspecified atom stereocenters. The predicted molar refractivity (Wildman–Crippen MR) is 75.2 cm³/mol. The van der Waals surface area contributed by atoms with Crippen LogP contribution in [0.2, 0.25) is 0 Å². The summed E-state index contributed by atoms with van der Waals surface area (Å²) < 4.78 is 0. The molecule has 2 aromatic rings. The van der Waals surface area contributed by atoms with E-state index in [2.05, 4.69) is 5.32 Å². The fourth-order valence-electron chi connectivity index (χ4n) is 1.61. The SMILES string of the molecule is O=C(O)c1ccc(NCCC(=O)c2cccs2)cc1. The lowest BCUT2D eigenvalue weighted by atomic mass is 10.2. The maximum absolute atomic E-state index is 11.7. The van der Waals surface area contributed by atoms with Crippen molar-refractivity contribution in [3.8, 4) is 0 Å². The van der Waals surface area contributed by atoms with Crippen LogP contribution in [0.25, 0.3) is 0 Å². The minimum atomic E-state index is -0.945. The minimum absolute atomic E-state index is 0.115. The number of ketones is 1. The molecule has 0 saturated heterocycles. The van der Waals surface area contributed by atoms with E-state index < -0.39 is 5.97 Å². The maximum atomic E-state index is 11.7. The summed E-state index contributed by atoms with van der Waals surface area (Å²) in [6.07, 6.45) is 0.418. The molecular formula is C14H13NO3S. The number of aromatic carboxylic acids is 1. The summed E-state index contributed by atoms with van der Waals surface area (Å²) >= 11 is 1.44. The lowest BCUT2D eigenvalue weighted by molar-refractivity contribution is 0.0696. The van der Waals surface area contributed by atoms with Gasteiger partial charge in [-0.1, -0.05) is 6.07 Å². The van der Waals surface area contributed by atoms with Gasteiger partial charge in [0.05, 0.1) is 10.4 Å². The van der Waals surface area contributed by atoms with Gasteiger partial charge in [0.1, 0.15) is 0 Å². The van der Waals surface area contributed by atoms with Crippen molar-refractivity contribution in [2.75, 3.05) is 11.9 Å². The Balaban J connectivity index is 1.82. The van der Waals surface area contributed by atoms with E-state index >= 15 is 0 Å².